The number of hydrogen-bond donors (Lipinski definition) is 1. The van der Waals surface area contributed by atoms with Crippen molar-refractivity contribution in [3.05, 3.63) is 75.8 Å². The van der Waals surface area contributed by atoms with E-state index < -0.39 is 15.9 Å². The molecule has 3 aliphatic heterocycles. The lowest BCUT2D eigenvalue weighted by molar-refractivity contribution is -0.384. The maximum Gasteiger partial charge on any atom is 0.269 e. The van der Waals surface area contributed by atoms with E-state index in [1.807, 2.05) is 23.1 Å². The van der Waals surface area contributed by atoms with Gasteiger partial charge in [-0.15, -0.1) is 0 Å². The van der Waals surface area contributed by atoms with Crippen molar-refractivity contribution in [2.24, 2.45) is 11.8 Å². The van der Waals surface area contributed by atoms with E-state index >= 15 is 0 Å². The first kappa shape index (κ1) is 29.3. The molecule has 5 fully saturated rings. The van der Waals surface area contributed by atoms with Gasteiger partial charge in [0.25, 0.3) is 5.69 Å². The highest BCUT2D eigenvalue weighted by molar-refractivity contribution is 9.10. The Bertz CT molecular complexity index is 1330. The summed E-state index contributed by atoms with van der Waals surface area (Å²) in [4.78, 5) is 43.9. The normalized spacial score (nSPS) is 32.6. The van der Waals surface area contributed by atoms with E-state index in [1.165, 1.54) is 12.0 Å². The van der Waals surface area contributed by atoms with Crippen LogP contribution in [-0.4, -0.2) is 55.5 Å². The van der Waals surface area contributed by atoms with Crippen molar-refractivity contribution in [2.45, 2.75) is 99.7 Å². The quantitative estimate of drug-likeness (QED) is 0.220. The molecule has 6 atom stereocenters. The van der Waals surface area contributed by atoms with Crippen LogP contribution in [0, 0.1) is 22.0 Å². The monoisotopic (exact) mass is 636 g/mol. The number of alkyl halides is 1. The first-order chi connectivity index (χ1) is 20.2. The van der Waals surface area contributed by atoms with E-state index in [2.05, 4.69) is 57.3 Å². The van der Waals surface area contributed by atoms with Gasteiger partial charge in [-0.05, 0) is 60.8 Å². The molecule has 42 heavy (non-hydrogen) atoms. The van der Waals surface area contributed by atoms with E-state index in [-0.39, 0.29) is 46.3 Å². The van der Waals surface area contributed by atoms with Gasteiger partial charge in [0.05, 0.1) is 9.25 Å². The van der Waals surface area contributed by atoms with Crippen LogP contribution in [-0.2, 0) is 21.7 Å². The van der Waals surface area contributed by atoms with Crippen LogP contribution < -0.4 is 5.32 Å². The third kappa shape index (κ3) is 4.58. The number of carbonyl (C=O) groups is 2. The van der Waals surface area contributed by atoms with Gasteiger partial charge in [0.2, 0.25) is 11.8 Å². The van der Waals surface area contributed by atoms with Crippen molar-refractivity contribution in [3.63, 3.8) is 0 Å². The first-order valence-corrected chi connectivity index (χ1v) is 16.3. The maximum atomic E-state index is 14.3. The van der Waals surface area contributed by atoms with Gasteiger partial charge in [0.15, 0.2) is 0 Å². The van der Waals surface area contributed by atoms with E-state index in [4.69, 9.17) is 0 Å². The molecule has 2 aromatic rings. The van der Waals surface area contributed by atoms with Crippen LogP contribution in [0.15, 0.2) is 54.6 Å². The number of hydrogen-bond acceptors (Lipinski definition) is 5. The fraction of sp³-hybridized carbons (Fsp3) is 0.576. The molecule has 5 aliphatic rings. The average molecular weight is 638 g/mol. The molecule has 0 radical (unpaired) electrons. The molecule has 2 amide bonds. The number of nitrogens with zero attached hydrogens (tertiary/aromatic N) is 3. The molecule has 224 valence electrons. The van der Waals surface area contributed by atoms with Crippen molar-refractivity contribution < 1.29 is 14.5 Å². The highest BCUT2D eigenvalue weighted by Crippen LogP contribution is 2.68. The maximum absolute atomic E-state index is 14.3. The molecule has 0 spiro atoms. The van der Waals surface area contributed by atoms with Crippen molar-refractivity contribution in [1.29, 1.82) is 0 Å². The summed E-state index contributed by atoms with van der Waals surface area (Å²) in [6.07, 6.45) is 8.05. The zero-order valence-corrected chi connectivity index (χ0v) is 26.1. The van der Waals surface area contributed by atoms with Gasteiger partial charge < -0.3 is 10.2 Å². The lowest BCUT2D eigenvalue weighted by Gasteiger charge is -2.67. The second-order valence-electron chi connectivity index (χ2n) is 12.9. The SMILES string of the molecule is CCC[C@@H]1[C@H]2C[C@@]3(Br)CN(Cc4ccccc4)[C@@H]1[C@@]3(c1ccc([N+](=O)[O-])cc1)N(C(C)=O)[C@@H]2C(=O)NC1CCCCC1. The average Bonchev–Trinajstić information content (AvgIpc) is 3.17. The Morgan fingerprint density at radius 2 is 1.76 bits per heavy atom. The third-order valence-electron chi connectivity index (χ3n) is 10.5. The predicted molar refractivity (Wildman–Crippen MR) is 165 cm³/mol. The summed E-state index contributed by atoms with van der Waals surface area (Å²) < 4.78 is -0.516. The summed E-state index contributed by atoms with van der Waals surface area (Å²) in [6, 6.07) is 16.6. The number of rotatable bonds is 8. The second-order valence-corrected chi connectivity index (χ2v) is 14.4. The Hall–Kier alpha value is -2.78. The highest BCUT2D eigenvalue weighted by atomic mass is 79.9. The Balaban J connectivity index is 1.51. The molecular weight excluding hydrogens is 596 g/mol. The molecule has 3 saturated heterocycles. The predicted octanol–water partition coefficient (Wildman–Crippen LogP) is 5.92. The number of piperidine rings is 2. The Kier molecular flexibility index (Phi) is 7.94. The van der Waals surface area contributed by atoms with Gasteiger partial charge in [0, 0.05) is 44.2 Å². The summed E-state index contributed by atoms with van der Waals surface area (Å²) in [7, 11) is 0. The van der Waals surface area contributed by atoms with Crippen molar-refractivity contribution in [1.82, 2.24) is 15.1 Å². The summed E-state index contributed by atoms with van der Waals surface area (Å²) in [5, 5.41) is 15.0. The molecule has 8 nitrogen and oxygen atoms in total. The Labute approximate surface area is 256 Å². The summed E-state index contributed by atoms with van der Waals surface area (Å²) in [6.45, 7) is 5.21. The number of likely N-dealkylation sites (tertiary alicyclic amines) is 1. The number of non-ortho nitro benzene ring substituents is 1. The van der Waals surface area contributed by atoms with Crippen LogP contribution in [0.3, 0.4) is 0 Å². The van der Waals surface area contributed by atoms with Crippen LogP contribution in [0.4, 0.5) is 5.69 Å². The van der Waals surface area contributed by atoms with Gasteiger partial charge in [-0.1, -0.05) is 78.9 Å². The van der Waals surface area contributed by atoms with E-state index in [0.29, 0.717) is 6.54 Å². The fourth-order valence-electron chi connectivity index (χ4n) is 9.12. The lowest BCUT2D eigenvalue weighted by Crippen LogP contribution is -2.80. The van der Waals surface area contributed by atoms with Crippen LogP contribution in [0.1, 0.15) is 76.3 Å². The van der Waals surface area contributed by atoms with E-state index in [0.717, 1.165) is 57.1 Å². The molecule has 0 aromatic heterocycles. The van der Waals surface area contributed by atoms with Crippen molar-refractivity contribution >= 4 is 33.4 Å². The number of nitrogens with one attached hydrogen (secondary N) is 1. The number of nitro benzene ring substituents is 1. The van der Waals surface area contributed by atoms with Gasteiger partial charge >= 0.3 is 0 Å². The standard InChI is InChI=1S/C33H41BrN4O4/c1-3-10-27-28-19-32(34)21-36(20-23-11-6-4-7-12-23)30(27)33(32,24-15-17-26(18-16-24)38(41)42)37(22(2)39)29(28)31(40)35-25-13-8-5-9-14-25/h4,6-7,11-12,15-18,25,27-30H,3,5,8-10,13-14,19-21H2,1-2H3,(H,35,40)/t27-,28-,29+,30+,32-,33-/m1/s1. The minimum absolute atomic E-state index is 0.00233. The Morgan fingerprint density at radius 1 is 1.07 bits per heavy atom. The smallest absolute Gasteiger partial charge is 0.269 e. The van der Waals surface area contributed by atoms with Gasteiger partial charge in [0.1, 0.15) is 11.6 Å². The number of amides is 2. The number of fused-ring (bicyclic) bond motifs is 1. The third-order valence-corrected chi connectivity index (χ3v) is 11.6. The van der Waals surface area contributed by atoms with Crippen LogP contribution in [0.5, 0.6) is 0 Å². The zero-order chi connectivity index (χ0) is 29.6. The second kappa shape index (κ2) is 11.4. The van der Waals surface area contributed by atoms with Gasteiger partial charge in [-0.2, -0.15) is 0 Å². The topological polar surface area (TPSA) is 95.8 Å². The first-order valence-electron chi connectivity index (χ1n) is 15.5. The molecular formula is C33H41BrN4O4. The minimum Gasteiger partial charge on any atom is -0.352 e. The van der Waals surface area contributed by atoms with Crippen LogP contribution in [0.25, 0.3) is 0 Å². The Morgan fingerprint density at radius 3 is 2.38 bits per heavy atom. The molecule has 3 heterocycles. The summed E-state index contributed by atoms with van der Waals surface area (Å²) in [5.41, 5.74) is 1.21. The lowest BCUT2D eigenvalue weighted by atomic mass is 9.53. The molecule has 2 aliphatic carbocycles. The summed E-state index contributed by atoms with van der Waals surface area (Å²) in [5.74, 6) is 0.00785. The number of benzene rings is 2. The molecule has 7 rings (SSSR count). The molecule has 1 N–H and O–H groups in total. The number of carbonyl (C=O) groups excluding carboxylic acids is 2. The number of halogens is 1. The fourth-order valence-corrected chi connectivity index (χ4v) is 10.5. The van der Waals surface area contributed by atoms with E-state index in [1.54, 1.807) is 19.1 Å². The van der Waals surface area contributed by atoms with Crippen LogP contribution in [0.2, 0.25) is 0 Å². The minimum atomic E-state index is -0.869. The van der Waals surface area contributed by atoms with Crippen molar-refractivity contribution in [2.75, 3.05) is 6.54 Å². The van der Waals surface area contributed by atoms with Crippen LogP contribution >= 0.6 is 15.9 Å². The largest absolute Gasteiger partial charge is 0.352 e. The van der Waals surface area contributed by atoms with E-state index in [9.17, 15) is 19.7 Å². The summed E-state index contributed by atoms with van der Waals surface area (Å²) >= 11 is 4.25. The molecule has 4 bridgehead atoms. The van der Waals surface area contributed by atoms with Crippen molar-refractivity contribution in [3.8, 4) is 0 Å². The zero-order valence-electron chi connectivity index (χ0n) is 24.5. The molecule has 0 unspecified atom stereocenters. The van der Waals surface area contributed by atoms with Gasteiger partial charge in [-0.25, -0.2) is 0 Å². The molecule has 9 heteroatoms. The molecule has 2 saturated carbocycles. The number of nitro groups is 1. The van der Waals surface area contributed by atoms with Gasteiger partial charge in [-0.3, -0.25) is 24.6 Å². The molecule has 2 aromatic carbocycles. The highest BCUT2D eigenvalue weighted by Gasteiger charge is 2.78.